The fourth-order valence-corrected chi connectivity index (χ4v) is 3.16. The second-order valence-electron chi connectivity index (χ2n) is 6.18. The lowest BCUT2D eigenvalue weighted by Crippen LogP contribution is -2.51. The predicted molar refractivity (Wildman–Crippen MR) is 92.3 cm³/mol. The van der Waals surface area contributed by atoms with Crippen LogP contribution in [-0.2, 0) is 11.2 Å². The molecule has 1 aromatic heterocycles. The molecule has 0 bridgehead atoms. The molecule has 5 heteroatoms. The number of anilines is 1. The second kappa shape index (κ2) is 7.53. The highest BCUT2D eigenvalue weighted by Gasteiger charge is 2.32. The summed E-state index contributed by atoms with van der Waals surface area (Å²) in [6.45, 7) is 1.41. The van der Waals surface area contributed by atoms with Crippen LogP contribution in [0.2, 0.25) is 0 Å². The van der Waals surface area contributed by atoms with E-state index in [4.69, 9.17) is 0 Å². The number of rotatable bonds is 5. The summed E-state index contributed by atoms with van der Waals surface area (Å²) < 4.78 is 13.5. The van der Waals surface area contributed by atoms with E-state index in [1.807, 2.05) is 25.2 Å². The van der Waals surface area contributed by atoms with Crippen molar-refractivity contribution in [3.05, 3.63) is 60.2 Å². The quantitative estimate of drug-likeness (QED) is 0.847. The van der Waals surface area contributed by atoms with E-state index in [9.17, 15) is 9.18 Å². The number of nitrogens with zero attached hydrogens (tertiary/aromatic N) is 3. The molecule has 126 valence electrons. The van der Waals surface area contributed by atoms with E-state index in [0.29, 0.717) is 12.2 Å². The molecule has 1 saturated heterocycles. The molecule has 0 saturated carbocycles. The molecule has 1 amide bonds. The van der Waals surface area contributed by atoms with Crippen molar-refractivity contribution in [3.63, 3.8) is 0 Å². The maximum absolute atomic E-state index is 13.5. The van der Waals surface area contributed by atoms with Gasteiger partial charge in [0.25, 0.3) is 0 Å². The first-order chi connectivity index (χ1) is 11.6. The van der Waals surface area contributed by atoms with E-state index in [-0.39, 0.29) is 17.8 Å². The molecule has 1 fully saturated rings. The summed E-state index contributed by atoms with van der Waals surface area (Å²) in [7, 11) is 1.97. The first kappa shape index (κ1) is 16.6. The van der Waals surface area contributed by atoms with Crippen LogP contribution in [0.5, 0.6) is 0 Å². The van der Waals surface area contributed by atoms with Gasteiger partial charge in [-0.1, -0.05) is 12.1 Å². The average Bonchev–Trinajstić information content (AvgIpc) is 2.61. The summed E-state index contributed by atoms with van der Waals surface area (Å²) in [4.78, 5) is 20.9. The summed E-state index contributed by atoms with van der Waals surface area (Å²) in [5, 5.41) is 0. The number of carbonyl (C=O) groups excluding carboxylic acids is 1. The molecule has 24 heavy (non-hydrogen) atoms. The molecule has 1 unspecified atom stereocenters. The molecule has 0 spiro atoms. The van der Waals surface area contributed by atoms with Crippen LogP contribution in [0.25, 0.3) is 0 Å². The summed E-state index contributed by atoms with van der Waals surface area (Å²) in [6.07, 6.45) is 4.35. The number of aromatic nitrogens is 1. The molecule has 1 aromatic carbocycles. The minimum Gasteiger partial charge on any atom is -0.311 e. The minimum atomic E-state index is -0.314. The molecule has 3 rings (SSSR count). The summed E-state index contributed by atoms with van der Waals surface area (Å²) >= 11 is 0. The highest BCUT2D eigenvalue weighted by molar-refractivity contribution is 5.97. The molecule has 1 aliphatic heterocycles. The van der Waals surface area contributed by atoms with Gasteiger partial charge in [-0.15, -0.1) is 0 Å². The van der Waals surface area contributed by atoms with Crippen molar-refractivity contribution in [1.29, 1.82) is 0 Å². The Morgan fingerprint density at radius 2 is 2.17 bits per heavy atom. The third kappa shape index (κ3) is 3.79. The van der Waals surface area contributed by atoms with Crippen molar-refractivity contribution in [2.24, 2.45) is 0 Å². The van der Waals surface area contributed by atoms with Gasteiger partial charge >= 0.3 is 0 Å². The SMILES string of the molecule is CN(CCc1ccccn1)C1CCCN(c2cccc(F)c2)C1=O. The topological polar surface area (TPSA) is 36.4 Å². The number of carbonyl (C=O) groups is 1. The van der Waals surface area contributed by atoms with E-state index in [1.165, 1.54) is 12.1 Å². The van der Waals surface area contributed by atoms with Crippen molar-refractivity contribution in [2.75, 3.05) is 25.0 Å². The molecule has 1 aliphatic rings. The van der Waals surface area contributed by atoms with Crippen LogP contribution >= 0.6 is 0 Å². The zero-order valence-electron chi connectivity index (χ0n) is 13.9. The number of halogens is 1. The average molecular weight is 327 g/mol. The van der Waals surface area contributed by atoms with Gasteiger partial charge in [0.1, 0.15) is 5.82 Å². The number of likely N-dealkylation sites (N-methyl/N-ethyl adjacent to an activating group) is 1. The van der Waals surface area contributed by atoms with Crippen molar-refractivity contribution in [1.82, 2.24) is 9.88 Å². The Balaban J connectivity index is 1.66. The van der Waals surface area contributed by atoms with Gasteiger partial charge in [0.05, 0.1) is 6.04 Å². The van der Waals surface area contributed by atoms with Gasteiger partial charge in [-0.25, -0.2) is 4.39 Å². The lowest BCUT2D eigenvalue weighted by molar-refractivity contribution is -0.124. The zero-order valence-corrected chi connectivity index (χ0v) is 13.9. The Kier molecular flexibility index (Phi) is 5.20. The standard InChI is InChI=1S/C19H22FN3O/c1-22(13-10-16-7-2-3-11-21-16)18-9-5-12-23(19(18)24)17-8-4-6-15(20)14-17/h2-4,6-8,11,14,18H,5,9-10,12-13H2,1H3. The van der Waals surface area contributed by atoms with Crippen molar-refractivity contribution in [2.45, 2.75) is 25.3 Å². The number of amides is 1. The van der Waals surface area contributed by atoms with Crippen LogP contribution in [0.4, 0.5) is 10.1 Å². The van der Waals surface area contributed by atoms with Crippen LogP contribution in [0.15, 0.2) is 48.7 Å². The van der Waals surface area contributed by atoms with Gasteiger partial charge in [-0.3, -0.25) is 14.7 Å². The van der Waals surface area contributed by atoms with Crippen molar-refractivity contribution < 1.29 is 9.18 Å². The number of pyridine rings is 1. The van der Waals surface area contributed by atoms with Gasteiger partial charge < -0.3 is 4.90 Å². The molecule has 0 radical (unpaired) electrons. The predicted octanol–water partition coefficient (Wildman–Crippen LogP) is 2.89. The minimum absolute atomic E-state index is 0.0513. The number of benzene rings is 1. The molecule has 2 heterocycles. The van der Waals surface area contributed by atoms with Gasteiger partial charge in [-0.05, 0) is 50.2 Å². The van der Waals surface area contributed by atoms with E-state index in [1.54, 1.807) is 23.2 Å². The fourth-order valence-electron chi connectivity index (χ4n) is 3.16. The van der Waals surface area contributed by atoms with E-state index in [2.05, 4.69) is 9.88 Å². The van der Waals surface area contributed by atoms with E-state index >= 15 is 0 Å². The summed E-state index contributed by atoms with van der Waals surface area (Å²) in [5.41, 5.74) is 1.66. The summed E-state index contributed by atoms with van der Waals surface area (Å²) in [6, 6.07) is 12.0. The first-order valence-electron chi connectivity index (χ1n) is 8.32. The third-order valence-corrected chi connectivity index (χ3v) is 4.51. The van der Waals surface area contributed by atoms with Gasteiger partial charge in [0.15, 0.2) is 0 Å². The number of hydrogen-bond donors (Lipinski definition) is 0. The first-order valence-corrected chi connectivity index (χ1v) is 8.32. The van der Waals surface area contributed by atoms with Crippen LogP contribution in [0, 0.1) is 5.82 Å². The highest BCUT2D eigenvalue weighted by atomic mass is 19.1. The van der Waals surface area contributed by atoms with Crippen LogP contribution < -0.4 is 4.90 Å². The van der Waals surface area contributed by atoms with E-state index < -0.39 is 0 Å². The molecule has 0 aliphatic carbocycles. The van der Waals surface area contributed by atoms with Crippen molar-refractivity contribution in [3.8, 4) is 0 Å². The van der Waals surface area contributed by atoms with Gasteiger partial charge in [0.2, 0.25) is 5.91 Å². The third-order valence-electron chi connectivity index (χ3n) is 4.51. The number of hydrogen-bond acceptors (Lipinski definition) is 3. The molecule has 2 aromatic rings. The lowest BCUT2D eigenvalue weighted by Gasteiger charge is -2.36. The van der Waals surface area contributed by atoms with Gasteiger partial charge in [-0.2, -0.15) is 0 Å². The maximum atomic E-state index is 13.5. The maximum Gasteiger partial charge on any atom is 0.244 e. The molecule has 0 N–H and O–H groups in total. The Labute approximate surface area is 141 Å². The van der Waals surface area contributed by atoms with Crippen LogP contribution in [-0.4, -0.2) is 42.0 Å². The summed E-state index contributed by atoms with van der Waals surface area (Å²) in [5.74, 6) is -0.263. The fraction of sp³-hybridized carbons (Fsp3) is 0.368. The normalized spacial score (nSPS) is 18.2. The largest absolute Gasteiger partial charge is 0.311 e. The second-order valence-corrected chi connectivity index (χ2v) is 6.18. The Morgan fingerprint density at radius 3 is 2.92 bits per heavy atom. The molecular weight excluding hydrogens is 305 g/mol. The smallest absolute Gasteiger partial charge is 0.244 e. The van der Waals surface area contributed by atoms with Gasteiger partial charge in [0, 0.05) is 37.1 Å². The Morgan fingerprint density at radius 1 is 1.29 bits per heavy atom. The number of piperidine rings is 1. The van der Waals surface area contributed by atoms with Crippen LogP contribution in [0.1, 0.15) is 18.5 Å². The lowest BCUT2D eigenvalue weighted by atomic mass is 10.0. The zero-order chi connectivity index (χ0) is 16.9. The van der Waals surface area contributed by atoms with Crippen molar-refractivity contribution >= 4 is 11.6 Å². The van der Waals surface area contributed by atoms with E-state index in [0.717, 1.165) is 31.5 Å². The molecule has 4 nitrogen and oxygen atoms in total. The Hall–Kier alpha value is -2.27. The van der Waals surface area contributed by atoms with Crippen LogP contribution in [0.3, 0.4) is 0 Å². The highest BCUT2D eigenvalue weighted by Crippen LogP contribution is 2.24. The molecule has 1 atom stereocenters. The molecular formula is C19H22FN3O. The monoisotopic (exact) mass is 327 g/mol. The Bertz CT molecular complexity index is 692.